The van der Waals surface area contributed by atoms with Gasteiger partial charge in [-0.25, -0.2) is 0 Å². The van der Waals surface area contributed by atoms with E-state index in [0.717, 1.165) is 41.0 Å². The third-order valence-electron chi connectivity index (χ3n) is 4.71. The standard InChI is InChI=1S/C21H25N3O3S/c1-14-8-5-6-9-17(14)20-22-23-21(27-20)28-13-19(25)18-12-15(2)24(16(18)3)10-7-11-26-4/h5-6,8-9,12H,7,10-11,13H2,1-4H3. The predicted octanol–water partition coefficient (Wildman–Crippen LogP) is 4.47. The lowest BCUT2D eigenvalue weighted by Gasteiger charge is -2.09. The Labute approximate surface area is 169 Å². The van der Waals surface area contributed by atoms with Crippen molar-refractivity contribution in [3.8, 4) is 11.5 Å². The molecule has 0 amide bonds. The quantitative estimate of drug-likeness (QED) is 0.300. The number of nitrogens with zero attached hydrogens (tertiary/aromatic N) is 3. The van der Waals surface area contributed by atoms with Gasteiger partial charge in [-0.15, -0.1) is 10.2 Å². The minimum Gasteiger partial charge on any atom is -0.411 e. The summed E-state index contributed by atoms with van der Waals surface area (Å²) in [5.74, 6) is 0.800. The second kappa shape index (κ2) is 9.21. The van der Waals surface area contributed by atoms with Crippen molar-refractivity contribution < 1.29 is 13.9 Å². The smallest absolute Gasteiger partial charge is 0.277 e. The zero-order valence-electron chi connectivity index (χ0n) is 16.7. The zero-order chi connectivity index (χ0) is 20.1. The summed E-state index contributed by atoms with van der Waals surface area (Å²) in [4.78, 5) is 12.7. The van der Waals surface area contributed by atoms with E-state index in [2.05, 4.69) is 14.8 Å². The van der Waals surface area contributed by atoms with Gasteiger partial charge in [0.1, 0.15) is 0 Å². The average molecular weight is 400 g/mol. The first-order valence-corrected chi connectivity index (χ1v) is 10.2. The van der Waals surface area contributed by atoms with Crippen LogP contribution >= 0.6 is 11.8 Å². The SMILES string of the molecule is COCCCn1c(C)cc(C(=O)CSc2nnc(-c3ccccc3C)o2)c1C. The molecule has 7 heteroatoms. The van der Waals surface area contributed by atoms with Gasteiger partial charge >= 0.3 is 0 Å². The molecule has 2 aromatic heterocycles. The van der Waals surface area contributed by atoms with Gasteiger partial charge in [0.25, 0.3) is 5.22 Å². The molecule has 0 spiro atoms. The van der Waals surface area contributed by atoms with Crippen LogP contribution in [0.3, 0.4) is 0 Å². The summed E-state index contributed by atoms with van der Waals surface area (Å²) in [6.07, 6.45) is 0.916. The summed E-state index contributed by atoms with van der Waals surface area (Å²) in [6, 6.07) is 9.80. The monoisotopic (exact) mass is 399 g/mol. The molecule has 0 saturated heterocycles. The van der Waals surface area contributed by atoms with Crippen LogP contribution in [0.4, 0.5) is 0 Å². The van der Waals surface area contributed by atoms with Crippen LogP contribution in [0.2, 0.25) is 0 Å². The van der Waals surface area contributed by atoms with Gasteiger partial charge in [-0.1, -0.05) is 30.0 Å². The molecule has 0 unspecified atom stereocenters. The number of thioether (sulfide) groups is 1. The molecule has 0 aliphatic heterocycles. The molecule has 3 rings (SSSR count). The summed E-state index contributed by atoms with van der Waals surface area (Å²) < 4.78 is 13.0. The first kappa shape index (κ1) is 20.4. The molecule has 3 aromatic rings. The summed E-state index contributed by atoms with van der Waals surface area (Å²) in [6.45, 7) is 7.56. The fraction of sp³-hybridized carbons (Fsp3) is 0.381. The number of carbonyl (C=O) groups excluding carboxylic acids is 1. The van der Waals surface area contributed by atoms with Crippen LogP contribution in [0, 0.1) is 20.8 Å². The fourth-order valence-electron chi connectivity index (χ4n) is 3.19. The van der Waals surface area contributed by atoms with E-state index in [1.54, 1.807) is 7.11 Å². The maximum atomic E-state index is 12.7. The van der Waals surface area contributed by atoms with Crippen molar-refractivity contribution in [2.24, 2.45) is 0 Å². The van der Waals surface area contributed by atoms with Gasteiger partial charge in [-0.3, -0.25) is 4.79 Å². The topological polar surface area (TPSA) is 70.2 Å². The van der Waals surface area contributed by atoms with Crippen molar-refractivity contribution in [2.45, 2.75) is 39.0 Å². The number of carbonyl (C=O) groups is 1. The zero-order valence-corrected chi connectivity index (χ0v) is 17.5. The highest BCUT2D eigenvalue weighted by molar-refractivity contribution is 7.99. The Kier molecular flexibility index (Phi) is 6.70. The Bertz CT molecular complexity index is 962. The number of hydrogen-bond donors (Lipinski definition) is 0. The van der Waals surface area contributed by atoms with Gasteiger partial charge in [0.2, 0.25) is 5.89 Å². The van der Waals surface area contributed by atoms with Gasteiger partial charge in [-0.2, -0.15) is 0 Å². The van der Waals surface area contributed by atoms with E-state index in [-0.39, 0.29) is 11.5 Å². The van der Waals surface area contributed by atoms with E-state index in [1.807, 2.05) is 51.1 Å². The molecule has 2 heterocycles. The normalized spacial score (nSPS) is 11.1. The lowest BCUT2D eigenvalue weighted by Crippen LogP contribution is -2.08. The van der Waals surface area contributed by atoms with Crippen LogP contribution in [0.15, 0.2) is 40.0 Å². The molecule has 0 saturated carbocycles. The second-order valence-corrected chi connectivity index (χ2v) is 7.61. The predicted molar refractivity (Wildman–Crippen MR) is 110 cm³/mol. The number of aromatic nitrogens is 3. The van der Waals surface area contributed by atoms with E-state index in [1.165, 1.54) is 11.8 Å². The van der Waals surface area contributed by atoms with E-state index in [9.17, 15) is 4.79 Å². The molecule has 0 N–H and O–H groups in total. The van der Waals surface area contributed by atoms with Crippen LogP contribution in [-0.4, -0.2) is 40.0 Å². The summed E-state index contributed by atoms with van der Waals surface area (Å²) >= 11 is 1.27. The molecular weight excluding hydrogens is 374 g/mol. The Morgan fingerprint density at radius 3 is 2.75 bits per heavy atom. The van der Waals surface area contributed by atoms with Crippen LogP contribution in [0.1, 0.15) is 33.7 Å². The van der Waals surface area contributed by atoms with Crippen LogP contribution in [-0.2, 0) is 11.3 Å². The van der Waals surface area contributed by atoms with Crippen molar-refractivity contribution in [1.29, 1.82) is 0 Å². The minimum absolute atomic E-state index is 0.0618. The number of ketones is 1. The number of aryl methyl sites for hydroxylation is 2. The van der Waals surface area contributed by atoms with E-state index < -0.39 is 0 Å². The van der Waals surface area contributed by atoms with Crippen molar-refractivity contribution in [3.63, 3.8) is 0 Å². The van der Waals surface area contributed by atoms with Crippen LogP contribution in [0.5, 0.6) is 0 Å². The molecule has 1 aromatic carbocycles. The molecule has 148 valence electrons. The molecule has 0 bridgehead atoms. The molecular formula is C21H25N3O3S. The van der Waals surface area contributed by atoms with E-state index in [4.69, 9.17) is 9.15 Å². The molecule has 0 atom stereocenters. The first-order valence-electron chi connectivity index (χ1n) is 9.22. The Hall–Kier alpha value is -2.38. The average Bonchev–Trinajstić information content (AvgIpc) is 3.26. The van der Waals surface area contributed by atoms with E-state index >= 15 is 0 Å². The van der Waals surface area contributed by atoms with E-state index in [0.29, 0.717) is 17.7 Å². The molecule has 6 nitrogen and oxygen atoms in total. The van der Waals surface area contributed by atoms with Gasteiger partial charge in [0.15, 0.2) is 5.78 Å². The number of Topliss-reactive ketones (excluding diaryl/α,β-unsaturated/α-hetero) is 1. The second-order valence-electron chi connectivity index (χ2n) is 6.68. The third-order valence-corrected chi connectivity index (χ3v) is 5.53. The minimum atomic E-state index is 0.0618. The number of benzene rings is 1. The van der Waals surface area contributed by atoms with Crippen LogP contribution < -0.4 is 0 Å². The lowest BCUT2D eigenvalue weighted by molar-refractivity contribution is 0.102. The fourth-order valence-corrected chi connectivity index (χ4v) is 3.84. The summed E-state index contributed by atoms with van der Waals surface area (Å²) in [5.41, 5.74) is 4.81. The Balaban J connectivity index is 1.65. The molecule has 0 aliphatic rings. The highest BCUT2D eigenvalue weighted by Gasteiger charge is 2.18. The van der Waals surface area contributed by atoms with Gasteiger partial charge < -0.3 is 13.7 Å². The Morgan fingerprint density at radius 1 is 1.21 bits per heavy atom. The maximum absolute atomic E-state index is 12.7. The maximum Gasteiger partial charge on any atom is 0.277 e. The largest absolute Gasteiger partial charge is 0.411 e. The highest BCUT2D eigenvalue weighted by Crippen LogP contribution is 2.26. The van der Waals surface area contributed by atoms with Crippen LogP contribution in [0.25, 0.3) is 11.5 Å². The molecule has 0 radical (unpaired) electrons. The van der Waals surface area contributed by atoms with Gasteiger partial charge in [-0.05, 0) is 44.9 Å². The molecule has 0 fully saturated rings. The number of methoxy groups -OCH3 is 1. The Morgan fingerprint density at radius 2 is 2.00 bits per heavy atom. The van der Waals surface area contributed by atoms with Gasteiger partial charge in [0, 0.05) is 42.8 Å². The van der Waals surface area contributed by atoms with Gasteiger partial charge in [0.05, 0.1) is 5.75 Å². The number of hydrogen-bond acceptors (Lipinski definition) is 6. The summed E-state index contributed by atoms with van der Waals surface area (Å²) in [5, 5.41) is 8.58. The summed E-state index contributed by atoms with van der Waals surface area (Å²) in [7, 11) is 1.70. The number of ether oxygens (including phenoxy) is 1. The third kappa shape index (κ3) is 4.54. The first-order chi connectivity index (χ1) is 13.5. The van der Waals surface area contributed by atoms with Crippen molar-refractivity contribution in [1.82, 2.24) is 14.8 Å². The molecule has 28 heavy (non-hydrogen) atoms. The van der Waals surface area contributed by atoms with Crippen molar-refractivity contribution >= 4 is 17.5 Å². The lowest BCUT2D eigenvalue weighted by atomic mass is 10.1. The van der Waals surface area contributed by atoms with Crippen molar-refractivity contribution in [2.75, 3.05) is 19.5 Å². The highest BCUT2D eigenvalue weighted by atomic mass is 32.2. The number of rotatable bonds is 9. The molecule has 0 aliphatic carbocycles. The van der Waals surface area contributed by atoms with Crippen molar-refractivity contribution in [3.05, 3.63) is 52.8 Å².